The van der Waals surface area contributed by atoms with Gasteiger partial charge in [-0.1, -0.05) is 17.7 Å². The predicted molar refractivity (Wildman–Crippen MR) is 77.1 cm³/mol. The molecule has 0 heterocycles. The topological polar surface area (TPSA) is 81.8 Å². The maximum Gasteiger partial charge on any atom is 0.311 e. The summed E-state index contributed by atoms with van der Waals surface area (Å²) in [4.78, 5) is 10.5. The van der Waals surface area contributed by atoms with E-state index in [4.69, 9.17) is 26.2 Å². The smallest absolute Gasteiger partial charge is 0.311 e. The zero-order chi connectivity index (χ0) is 15.4. The minimum Gasteiger partial charge on any atom is -0.497 e. The van der Waals surface area contributed by atoms with Crippen LogP contribution >= 0.6 is 11.6 Å². The lowest BCUT2D eigenvalue weighted by molar-refractivity contribution is -0.385. The Balaban J connectivity index is 2.40. The van der Waals surface area contributed by atoms with Crippen molar-refractivity contribution in [1.29, 1.82) is 0 Å². The van der Waals surface area contributed by atoms with E-state index < -0.39 is 4.92 Å². The number of aliphatic hydroxyl groups excluding tert-OH is 1. The van der Waals surface area contributed by atoms with E-state index in [1.165, 1.54) is 37.4 Å². The van der Waals surface area contributed by atoms with Crippen LogP contribution in [0.5, 0.6) is 17.2 Å². The summed E-state index contributed by atoms with van der Waals surface area (Å²) in [5, 5.41) is 20.3. The quantitative estimate of drug-likeness (QED) is 0.674. The molecule has 0 aromatic heterocycles. The van der Waals surface area contributed by atoms with Crippen LogP contribution in [0.1, 0.15) is 5.56 Å². The molecule has 0 fully saturated rings. The van der Waals surface area contributed by atoms with Crippen LogP contribution in [0.4, 0.5) is 5.69 Å². The van der Waals surface area contributed by atoms with Crippen molar-refractivity contribution < 1.29 is 19.5 Å². The number of aliphatic hydroxyl groups is 1. The van der Waals surface area contributed by atoms with Crippen LogP contribution in [0.15, 0.2) is 36.4 Å². The van der Waals surface area contributed by atoms with Crippen LogP contribution in [0.3, 0.4) is 0 Å². The van der Waals surface area contributed by atoms with Gasteiger partial charge in [-0.2, -0.15) is 0 Å². The molecule has 2 aromatic rings. The third-order valence-electron chi connectivity index (χ3n) is 2.76. The lowest BCUT2D eigenvalue weighted by Crippen LogP contribution is -1.95. The molecule has 0 spiro atoms. The van der Waals surface area contributed by atoms with Gasteiger partial charge in [0, 0.05) is 12.1 Å². The number of hydrogen-bond acceptors (Lipinski definition) is 5. The van der Waals surface area contributed by atoms with Crippen LogP contribution in [-0.4, -0.2) is 17.1 Å². The van der Waals surface area contributed by atoms with Crippen molar-refractivity contribution in [2.45, 2.75) is 6.61 Å². The highest BCUT2D eigenvalue weighted by atomic mass is 35.5. The van der Waals surface area contributed by atoms with Crippen molar-refractivity contribution in [2.75, 3.05) is 7.11 Å². The first-order valence-electron chi connectivity index (χ1n) is 5.94. The van der Waals surface area contributed by atoms with Gasteiger partial charge in [-0.25, -0.2) is 0 Å². The van der Waals surface area contributed by atoms with E-state index in [0.717, 1.165) is 0 Å². The first kappa shape index (κ1) is 15.1. The monoisotopic (exact) mass is 309 g/mol. The van der Waals surface area contributed by atoms with Gasteiger partial charge in [0.1, 0.15) is 11.5 Å². The molecule has 0 amide bonds. The summed E-state index contributed by atoms with van der Waals surface area (Å²) in [7, 11) is 1.45. The molecular formula is C14H12ClNO5. The molecule has 0 bridgehead atoms. The van der Waals surface area contributed by atoms with Crippen LogP contribution in [0.2, 0.25) is 5.02 Å². The largest absolute Gasteiger partial charge is 0.497 e. The summed E-state index contributed by atoms with van der Waals surface area (Å²) in [5.41, 5.74) is 0.422. The minimum absolute atomic E-state index is 0.0259. The van der Waals surface area contributed by atoms with Gasteiger partial charge < -0.3 is 14.6 Å². The van der Waals surface area contributed by atoms with Crippen molar-refractivity contribution >= 4 is 17.3 Å². The zero-order valence-electron chi connectivity index (χ0n) is 11.1. The predicted octanol–water partition coefficient (Wildman–Crippen LogP) is 3.54. The van der Waals surface area contributed by atoms with Crippen molar-refractivity contribution in [2.24, 2.45) is 0 Å². The number of nitro groups is 1. The second kappa shape index (κ2) is 6.43. The van der Waals surface area contributed by atoms with Crippen LogP contribution in [0, 0.1) is 10.1 Å². The summed E-state index contributed by atoms with van der Waals surface area (Å²) >= 11 is 6.03. The van der Waals surface area contributed by atoms with Gasteiger partial charge >= 0.3 is 5.69 Å². The van der Waals surface area contributed by atoms with E-state index in [1.54, 1.807) is 6.07 Å². The number of hydrogen-bond donors (Lipinski definition) is 1. The second-order valence-electron chi connectivity index (χ2n) is 4.12. The molecule has 0 saturated heterocycles. The fraction of sp³-hybridized carbons (Fsp3) is 0.143. The Bertz CT molecular complexity index is 674. The van der Waals surface area contributed by atoms with Gasteiger partial charge in [-0.15, -0.1) is 0 Å². The molecule has 0 saturated carbocycles. The van der Waals surface area contributed by atoms with Gasteiger partial charge in [0.05, 0.1) is 23.7 Å². The average Bonchev–Trinajstić information content (AvgIpc) is 2.48. The molecule has 0 aliphatic rings. The summed E-state index contributed by atoms with van der Waals surface area (Å²) in [6.07, 6.45) is 0. The molecule has 7 heteroatoms. The van der Waals surface area contributed by atoms with Crippen molar-refractivity contribution in [1.82, 2.24) is 0 Å². The van der Waals surface area contributed by atoms with Crippen molar-refractivity contribution in [3.8, 4) is 17.2 Å². The maximum atomic E-state index is 11.0. The minimum atomic E-state index is -0.551. The van der Waals surface area contributed by atoms with E-state index in [1.807, 2.05) is 0 Å². The normalized spacial score (nSPS) is 10.2. The fourth-order valence-corrected chi connectivity index (χ4v) is 1.94. The van der Waals surface area contributed by atoms with E-state index in [2.05, 4.69) is 0 Å². The average molecular weight is 310 g/mol. The van der Waals surface area contributed by atoms with Crippen molar-refractivity contribution in [3.63, 3.8) is 0 Å². The number of methoxy groups -OCH3 is 1. The van der Waals surface area contributed by atoms with Gasteiger partial charge in [0.15, 0.2) is 0 Å². The molecule has 2 rings (SSSR count). The lowest BCUT2D eigenvalue weighted by atomic mass is 10.2. The molecule has 2 aromatic carbocycles. The molecule has 0 atom stereocenters. The Labute approximate surface area is 125 Å². The van der Waals surface area contributed by atoms with Crippen LogP contribution < -0.4 is 9.47 Å². The van der Waals surface area contributed by atoms with E-state index in [0.29, 0.717) is 11.3 Å². The first-order valence-corrected chi connectivity index (χ1v) is 6.32. The molecule has 0 unspecified atom stereocenters. The Morgan fingerprint density at radius 1 is 1.24 bits per heavy atom. The number of benzene rings is 2. The number of nitrogens with zero attached hydrogens (tertiary/aromatic N) is 1. The molecule has 6 nitrogen and oxygen atoms in total. The molecule has 21 heavy (non-hydrogen) atoms. The van der Waals surface area contributed by atoms with E-state index >= 15 is 0 Å². The highest BCUT2D eigenvalue weighted by Gasteiger charge is 2.18. The number of halogens is 1. The highest BCUT2D eigenvalue weighted by molar-refractivity contribution is 6.32. The second-order valence-corrected chi connectivity index (χ2v) is 4.52. The number of ether oxygens (including phenoxy) is 2. The van der Waals surface area contributed by atoms with Gasteiger partial charge in [-0.3, -0.25) is 10.1 Å². The lowest BCUT2D eigenvalue weighted by Gasteiger charge is -2.10. The summed E-state index contributed by atoms with van der Waals surface area (Å²) in [6.45, 7) is -0.153. The Kier molecular flexibility index (Phi) is 4.62. The SMILES string of the molecule is COc1ccc([N+](=O)[O-])c(Oc2ccc(CO)cc2Cl)c1. The summed E-state index contributed by atoms with van der Waals surface area (Å²) in [6, 6.07) is 8.87. The number of nitro benzene ring substituents is 1. The van der Waals surface area contributed by atoms with Crippen LogP contribution in [-0.2, 0) is 6.61 Å². The van der Waals surface area contributed by atoms with E-state index in [9.17, 15) is 10.1 Å². The molecule has 0 radical (unpaired) electrons. The number of rotatable bonds is 5. The van der Waals surface area contributed by atoms with Crippen LogP contribution in [0.25, 0.3) is 0 Å². The Hall–Kier alpha value is -2.31. The van der Waals surface area contributed by atoms with Gasteiger partial charge in [-0.05, 0) is 23.8 Å². The standard InChI is InChI=1S/C14H12ClNO5/c1-20-10-3-4-12(16(18)19)14(7-10)21-13-5-2-9(8-17)6-11(13)15/h2-7,17H,8H2,1H3. The van der Waals surface area contributed by atoms with Gasteiger partial charge in [0.2, 0.25) is 5.75 Å². The molecule has 110 valence electrons. The third-order valence-corrected chi connectivity index (χ3v) is 3.06. The van der Waals surface area contributed by atoms with Gasteiger partial charge in [0.25, 0.3) is 0 Å². The first-order chi connectivity index (χ1) is 10.0. The molecule has 0 aliphatic heterocycles. The zero-order valence-corrected chi connectivity index (χ0v) is 11.8. The molecule has 1 N–H and O–H groups in total. The third kappa shape index (κ3) is 3.42. The molecule has 0 aliphatic carbocycles. The van der Waals surface area contributed by atoms with E-state index in [-0.39, 0.29) is 28.8 Å². The Morgan fingerprint density at radius 2 is 2.00 bits per heavy atom. The molecular weight excluding hydrogens is 298 g/mol. The fourth-order valence-electron chi connectivity index (χ4n) is 1.70. The maximum absolute atomic E-state index is 11.0. The Morgan fingerprint density at radius 3 is 2.57 bits per heavy atom. The van der Waals surface area contributed by atoms with Crippen molar-refractivity contribution in [3.05, 3.63) is 57.1 Å². The highest BCUT2D eigenvalue weighted by Crippen LogP contribution is 2.37. The summed E-state index contributed by atoms with van der Waals surface area (Å²) in [5.74, 6) is 0.710. The summed E-state index contributed by atoms with van der Waals surface area (Å²) < 4.78 is 10.5.